The number of aromatic hydroxyl groups is 1. The van der Waals surface area contributed by atoms with Gasteiger partial charge in [-0.1, -0.05) is 48.5 Å². The molecule has 0 spiro atoms. The highest BCUT2D eigenvalue weighted by atomic mass is 19.1. The van der Waals surface area contributed by atoms with Crippen molar-refractivity contribution in [3.8, 4) is 5.75 Å². The van der Waals surface area contributed by atoms with Crippen molar-refractivity contribution in [3.63, 3.8) is 0 Å². The topological polar surface area (TPSA) is 100 Å². The minimum atomic E-state index is -1.02. The lowest BCUT2D eigenvalue weighted by Gasteiger charge is -2.34. The quantitative estimate of drug-likeness (QED) is 0.354. The predicted molar refractivity (Wildman–Crippen MR) is 138 cm³/mol. The fraction of sp³-hybridized carbons (Fsp3) is 0.286. The van der Waals surface area contributed by atoms with Crippen LogP contribution in [0.15, 0.2) is 72.8 Å². The molecule has 37 heavy (non-hydrogen) atoms. The molecule has 0 bridgehead atoms. The van der Waals surface area contributed by atoms with E-state index in [1.165, 1.54) is 33.8 Å². The van der Waals surface area contributed by atoms with E-state index in [1.54, 1.807) is 30.3 Å². The van der Waals surface area contributed by atoms with Gasteiger partial charge in [-0.25, -0.2) is 9.07 Å². The van der Waals surface area contributed by atoms with Gasteiger partial charge in [0.25, 0.3) is 0 Å². The Hall–Kier alpha value is -4.27. The number of nitrogens with one attached hydrogen (secondary N) is 1. The molecule has 4 rings (SSSR count). The first-order valence-electron chi connectivity index (χ1n) is 12.1. The number of para-hydroxylation sites is 1. The van der Waals surface area contributed by atoms with E-state index in [-0.39, 0.29) is 30.7 Å². The lowest BCUT2D eigenvalue weighted by Crippen LogP contribution is -2.50. The standard InChI is InChI=1S/C28H30FN5O3/c1-4-28(2,3)30-27(37)26(20-11-15-22(35)16-12-20)33(17-19-9-13-21(29)14-10-19)25(36)18-34-24-8-6-5-7-23(24)31-32-34/h5-16,26,35H,4,17-18H2,1-3H3,(H,30,37). The van der Waals surface area contributed by atoms with E-state index in [4.69, 9.17) is 0 Å². The summed E-state index contributed by atoms with van der Waals surface area (Å²) in [4.78, 5) is 29.1. The highest BCUT2D eigenvalue weighted by molar-refractivity contribution is 5.89. The van der Waals surface area contributed by atoms with Gasteiger partial charge in [0, 0.05) is 12.1 Å². The van der Waals surface area contributed by atoms with E-state index in [9.17, 15) is 19.1 Å². The summed E-state index contributed by atoms with van der Waals surface area (Å²) in [6.07, 6.45) is 0.678. The van der Waals surface area contributed by atoms with Gasteiger partial charge in [-0.3, -0.25) is 9.59 Å². The molecule has 192 valence electrons. The van der Waals surface area contributed by atoms with Crippen LogP contribution in [0.1, 0.15) is 44.4 Å². The zero-order valence-electron chi connectivity index (χ0n) is 21.1. The molecule has 0 radical (unpaired) electrons. The molecule has 8 nitrogen and oxygen atoms in total. The van der Waals surface area contributed by atoms with Crippen molar-refractivity contribution in [3.05, 3.63) is 89.7 Å². The van der Waals surface area contributed by atoms with Gasteiger partial charge in [-0.2, -0.15) is 0 Å². The van der Waals surface area contributed by atoms with Crippen molar-refractivity contribution in [1.29, 1.82) is 0 Å². The normalized spacial score (nSPS) is 12.3. The molecule has 1 unspecified atom stereocenters. The highest BCUT2D eigenvalue weighted by Gasteiger charge is 2.34. The second-order valence-corrected chi connectivity index (χ2v) is 9.60. The van der Waals surface area contributed by atoms with E-state index in [0.29, 0.717) is 28.6 Å². The lowest BCUT2D eigenvalue weighted by molar-refractivity contribution is -0.143. The lowest BCUT2D eigenvalue weighted by atomic mass is 9.98. The van der Waals surface area contributed by atoms with Crippen molar-refractivity contribution in [2.45, 2.75) is 51.9 Å². The number of amides is 2. The summed E-state index contributed by atoms with van der Waals surface area (Å²) >= 11 is 0. The number of phenolic OH excluding ortho intramolecular Hbond substituents is 1. The SMILES string of the molecule is CCC(C)(C)NC(=O)C(c1ccc(O)cc1)N(Cc1ccc(F)cc1)C(=O)Cn1nnc2ccccc21. The number of nitrogens with zero attached hydrogens (tertiary/aromatic N) is 4. The van der Waals surface area contributed by atoms with Gasteiger partial charge in [-0.15, -0.1) is 5.10 Å². The number of fused-ring (bicyclic) bond motifs is 1. The van der Waals surface area contributed by atoms with Crippen LogP contribution in [-0.4, -0.2) is 42.4 Å². The Kier molecular flexibility index (Phi) is 7.52. The average Bonchev–Trinajstić information content (AvgIpc) is 3.28. The maximum atomic E-state index is 13.9. The highest BCUT2D eigenvalue weighted by Crippen LogP contribution is 2.27. The minimum absolute atomic E-state index is 0.0438. The Balaban J connectivity index is 1.76. The molecule has 1 atom stereocenters. The van der Waals surface area contributed by atoms with Crippen molar-refractivity contribution in [2.75, 3.05) is 0 Å². The van der Waals surface area contributed by atoms with Gasteiger partial charge in [0.15, 0.2) is 0 Å². The van der Waals surface area contributed by atoms with E-state index in [0.717, 1.165) is 0 Å². The summed E-state index contributed by atoms with van der Waals surface area (Å²) < 4.78 is 15.1. The van der Waals surface area contributed by atoms with Crippen LogP contribution in [0.5, 0.6) is 5.75 Å². The first kappa shape index (κ1) is 25.8. The third kappa shape index (κ3) is 6.11. The molecular formula is C28H30FN5O3. The Morgan fingerprint density at radius 2 is 1.73 bits per heavy atom. The fourth-order valence-corrected chi connectivity index (χ4v) is 3.98. The number of aromatic nitrogens is 3. The monoisotopic (exact) mass is 503 g/mol. The molecule has 0 saturated carbocycles. The van der Waals surface area contributed by atoms with Gasteiger partial charge in [0.05, 0.1) is 5.52 Å². The van der Waals surface area contributed by atoms with Gasteiger partial charge in [0.2, 0.25) is 11.8 Å². The molecule has 0 fully saturated rings. The largest absolute Gasteiger partial charge is 0.508 e. The van der Waals surface area contributed by atoms with Crippen LogP contribution in [-0.2, 0) is 22.7 Å². The number of halogens is 1. The second kappa shape index (κ2) is 10.8. The number of rotatable bonds is 9. The molecule has 1 heterocycles. The molecule has 2 amide bonds. The van der Waals surface area contributed by atoms with Crippen LogP contribution in [0.2, 0.25) is 0 Å². The van der Waals surface area contributed by atoms with E-state index in [2.05, 4.69) is 15.6 Å². The summed E-state index contributed by atoms with van der Waals surface area (Å²) in [5.41, 5.74) is 2.01. The number of carbonyl (C=O) groups is 2. The molecule has 9 heteroatoms. The van der Waals surface area contributed by atoms with Crippen LogP contribution in [0.4, 0.5) is 4.39 Å². The van der Waals surface area contributed by atoms with Crippen LogP contribution in [0.25, 0.3) is 11.0 Å². The number of benzene rings is 3. The Morgan fingerprint density at radius 3 is 2.41 bits per heavy atom. The predicted octanol–water partition coefficient (Wildman–Crippen LogP) is 4.35. The van der Waals surface area contributed by atoms with Crippen LogP contribution >= 0.6 is 0 Å². The summed E-state index contributed by atoms with van der Waals surface area (Å²) in [6.45, 7) is 5.68. The van der Waals surface area contributed by atoms with Crippen molar-refractivity contribution >= 4 is 22.8 Å². The maximum absolute atomic E-state index is 13.9. The Labute approximate surface area is 214 Å². The second-order valence-electron chi connectivity index (χ2n) is 9.60. The Morgan fingerprint density at radius 1 is 1.05 bits per heavy atom. The van der Waals surface area contributed by atoms with Gasteiger partial charge in [-0.05, 0) is 67.8 Å². The summed E-state index contributed by atoms with van der Waals surface area (Å²) in [5, 5.41) is 21.2. The average molecular weight is 504 g/mol. The molecule has 4 aromatic rings. The minimum Gasteiger partial charge on any atom is -0.508 e. The zero-order valence-corrected chi connectivity index (χ0v) is 21.1. The first-order chi connectivity index (χ1) is 17.7. The van der Waals surface area contributed by atoms with Gasteiger partial charge in [0.1, 0.15) is 29.7 Å². The zero-order chi connectivity index (χ0) is 26.6. The van der Waals surface area contributed by atoms with E-state index in [1.807, 2.05) is 39.0 Å². The number of hydrogen-bond acceptors (Lipinski definition) is 5. The fourth-order valence-electron chi connectivity index (χ4n) is 3.98. The molecule has 3 aromatic carbocycles. The first-order valence-corrected chi connectivity index (χ1v) is 12.1. The van der Waals surface area contributed by atoms with Crippen molar-refractivity contribution in [1.82, 2.24) is 25.2 Å². The van der Waals surface area contributed by atoms with Crippen molar-refractivity contribution in [2.24, 2.45) is 0 Å². The summed E-state index contributed by atoms with van der Waals surface area (Å²) in [5.74, 6) is -1.09. The van der Waals surface area contributed by atoms with Crippen LogP contribution < -0.4 is 5.32 Å². The third-order valence-electron chi connectivity index (χ3n) is 6.41. The molecular weight excluding hydrogens is 473 g/mol. The van der Waals surface area contributed by atoms with Crippen molar-refractivity contribution < 1.29 is 19.1 Å². The molecule has 0 aliphatic heterocycles. The summed E-state index contributed by atoms with van der Waals surface area (Å²) in [6, 6.07) is 18.3. The molecule has 0 aliphatic rings. The van der Waals surface area contributed by atoms with Crippen LogP contribution in [0.3, 0.4) is 0 Å². The molecule has 1 aromatic heterocycles. The number of carbonyl (C=O) groups excluding carboxylic acids is 2. The van der Waals surface area contributed by atoms with E-state index >= 15 is 0 Å². The summed E-state index contributed by atoms with van der Waals surface area (Å²) in [7, 11) is 0. The van der Waals surface area contributed by atoms with E-state index < -0.39 is 17.4 Å². The number of phenols is 1. The van der Waals surface area contributed by atoms with Gasteiger partial charge < -0.3 is 15.3 Å². The van der Waals surface area contributed by atoms with Gasteiger partial charge >= 0.3 is 0 Å². The third-order valence-corrected chi connectivity index (χ3v) is 6.41. The molecule has 2 N–H and O–H groups in total. The number of hydrogen-bond donors (Lipinski definition) is 2. The molecule has 0 saturated heterocycles. The molecule has 0 aliphatic carbocycles. The van der Waals surface area contributed by atoms with Crippen LogP contribution in [0, 0.1) is 5.82 Å². The smallest absolute Gasteiger partial charge is 0.247 e. The maximum Gasteiger partial charge on any atom is 0.247 e. The Bertz CT molecular complexity index is 1380.